The smallest absolute Gasteiger partial charge is 0.0629 e. The molecular formula is C12H9BrClIN2. The van der Waals surface area contributed by atoms with Crippen LogP contribution in [0.1, 0.15) is 0 Å². The zero-order valence-electron chi connectivity index (χ0n) is 8.68. The zero-order valence-corrected chi connectivity index (χ0v) is 13.2. The van der Waals surface area contributed by atoms with Crippen molar-refractivity contribution in [2.75, 3.05) is 11.1 Å². The van der Waals surface area contributed by atoms with Crippen LogP contribution in [0.2, 0.25) is 5.02 Å². The molecule has 2 nitrogen and oxygen atoms in total. The molecule has 0 spiro atoms. The first-order chi connectivity index (χ1) is 8.06. The van der Waals surface area contributed by atoms with Crippen LogP contribution in [0, 0.1) is 3.57 Å². The number of rotatable bonds is 2. The van der Waals surface area contributed by atoms with E-state index in [0.717, 1.165) is 24.4 Å². The molecular weight excluding hydrogens is 414 g/mol. The fourth-order valence-corrected chi connectivity index (χ4v) is 2.74. The summed E-state index contributed by atoms with van der Waals surface area (Å²) in [6.07, 6.45) is 0. The van der Waals surface area contributed by atoms with E-state index in [0.29, 0.717) is 5.69 Å². The Labute approximate surface area is 127 Å². The van der Waals surface area contributed by atoms with Gasteiger partial charge in [-0.1, -0.05) is 27.5 Å². The number of benzene rings is 2. The average Bonchev–Trinajstić information content (AvgIpc) is 2.27. The molecule has 0 fully saturated rings. The van der Waals surface area contributed by atoms with Gasteiger partial charge in [0.15, 0.2) is 0 Å². The van der Waals surface area contributed by atoms with Crippen LogP contribution in [0.25, 0.3) is 0 Å². The first kappa shape index (κ1) is 13.0. The fraction of sp³-hybridized carbons (Fsp3) is 0. The number of hydrogen-bond donors (Lipinski definition) is 2. The third-order valence-corrected chi connectivity index (χ3v) is 3.84. The number of hydrogen-bond acceptors (Lipinski definition) is 2. The molecule has 0 unspecified atom stereocenters. The number of nitrogens with two attached hydrogens (primary N) is 1. The molecule has 0 bridgehead atoms. The van der Waals surface area contributed by atoms with E-state index in [1.54, 1.807) is 0 Å². The van der Waals surface area contributed by atoms with Crippen LogP contribution in [0.3, 0.4) is 0 Å². The van der Waals surface area contributed by atoms with Gasteiger partial charge in [0, 0.05) is 13.1 Å². The van der Waals surface area contributed by atoms with Crippen LogP contribution < -0.4 is 11.1 Å². The van der Waals surface area contributed by atoms with Crippen molar-refractivity contribution in [1.29, 1.82) is 0 Å². The van der Waals surface area contributed by atoms with Crippen LogP contribution >= 0.6 is 50.1 Å². The van der Waals surface area contributed by atoms with Gasteiger partial charge in [0.25, 0.3) is 0 Å². The second kappa shape index (κ2) is 5.46. The first-order valence-electron chi connectivity index (χ1n) is 4.83. The molecule has 0 aliphatic heterocycles. The standard InChI is InChI=1S/C12H9BrClIN2/c13-7-1-3-10(16)12(5-7)17-11-4-2-8(14)6-9(11)15/h1-6,17H,16H2. The van der Waals surface area contributed by atoms with E-state index < -0.39 is 0 Å². The van der Waals surface area contributed by atoms with Crippen molar-refractivity contribution in [1.82, 2.24) is 0 Å². The lowest BCUT2D eigenvalue weighted by atomic mass is 10.2. The third-order valence-electron chi connectivity index (χ3n) is 2.22. The minimum absolute atomic E-state index is 0.707. The van der Waals surface area contributed by atoms with E-state index in [1.165, 1.54) is 0 Å². The van der Waals surface area contributed by atoms with E-state index in [4.69, 9.17) is 17.3 Å². The number of nitrogens with one attached hydrogen (secondary N) is 1. The summed E-state index contributed by atoms with van der Waals surface area (Å²) in [6.45, 7) is 0. The summed E-state index contributed by atoms with van der Waals surface area (Å²) in [4.78, 5) is 0. The zero-order chi connectivity index (χ0) is 12.4. The van der Waals surface area contributed by atoms with Gasteiger partial charge in [0.05, 0.1) is 17.1 Å². The lowest BCUT2D eigenvalue weighted by molar-refractivity contribution is 1.51. The van der Waals surface area contributed by atoms with Gasteiger partial charge in [-0.15, -0.1) is 0 Å². The van der Waals surface area contributed by atoms with Gasteiger partial charge in [0.1, 0.15) is 0 Å². The Morgan fingerprint density at radius 1 is 1.12 bits per heavy atom. The highest BCUT2D eigenvalue weighted by Crippen LogP contribution is 2.30. The minimum atomic E-state index is 0.707. The number of nitrogen functional groups attached to an aromatic ring is 1. The fourth-order valence-electron chi connectivity index (χ4n) is 1.37. The Bertz CT molecular complexity index is 560. The molecule has 0 saturated carbocycles. The van der Waals surface area contributed by atoms with E-state index in [9.17, 15) is 0 Å². The molecule has 2 aromatic carbocycles. The molecule has 88 valence electrons. The van der Waals surface area contributed by atoms with Crippen molar-refractivity contribution in [3.8, 4) is 0 Å². The van der Waals surface area contributed by atoms with Gasteiger partial charge in [0.2, 0.25) is 0 Å². The molecule has 0 atom stereocenters. The third kappa shape index (κ3) is 3.26. The van der Waals surface area contributed by atoms with Gasteiger partial charge in [-0.2, -0.15) is 0 Å². The second-order valence-electron chi connectivity index (χ2n) is 3.48. The first-order valence-corrected chi connectivity index (χ1v) is 7.08. The SMILES string of the molecule is Nc1ccc(Br)cc1Nc1ccc(Cl)cc1I. The van der Waals surface area contributed by atoms with Crippen molar-refractivity contribution in [2.24, 2.45) is 0 Å². The maximum Gasteiger partial charge on any atom is 0.0629 e. The van der Waals surface area contributed by atoms with Crippen LogP contribution in [0.5, 0.6) is 0 Å². The Hall–Kier alpha value is -0.460. The van der Waals surface area contributed by atoms with Crippen LogP contribution in [0.4, 0.5) is 17.1 Å². The van der Waals surface area contributed by atoms with E-state index in [2.05, 4.69) is 43.8 Å². The molecule has 0 amide bonds. The number of halogens is 3. The van der Waals surface area contributed by atoms with Gasteiger partial charge in [-0.05, 0) is 59.0 Å². The largest absolute Gasteiger partial charge is 0.397 e. The highest BCUT2D eigenvalue weighted by molar-refractivity contribution is 14.1. The van der Waals surface area contributed by atoms with Gasteiger partial charge >= 0.3 is 0 Å². The molecule has 2 aromatic rings. The molecule has 5 heteroatoms. The topological polar surface area (TPSA) is 38.0 Å². The summed E-state index contributed by atoms with van der Waals surface area (Å²) in [5, 5.41) is 4.01. The monoisotopic (exact) mass is 422 g/mol. The number of anilines is 3. The summed E-state index contributed by atoms with van der Waals surface area (Å²) in [7, 11) is 0. The van der Waals surface area contributed by atoms with Gasteiger partial charge in [-0.25, -0.2) is 0 Å². The Balaban J connectivity index is 2.34. The van der Waals surface area contributed by atoms with Crippen molar-refractivity contribution < 1.29 is 0 Å². The van der Waals surface area contributed by atoms with Gasteiger partial charge < -0.3 is 11.1 Å². The Morgan fingerprint density at radius 2 is 1.88 bits per heavy atom. The summed E-state index contributed by atoms with van der Waals surface area (Å²) in [5.41, 5.74) is 8.47. The maximum atomic E-state index is 5.91. The normalized spacial score (nSPS) is 10.3. The molecule has 0 aliphatic carbocycles. The van der Waals surface area contributed by atoms with Crippen molar-refractivity contribution in [3.05, 3.63) is 49.5 Å². The molecule has 3 N–H and O–H groups in total. The summed E-state index contributed by atoms with van der Waals surface area (Å²) in [6, 6.07) is 11.4. The average molecular weight is 423 g/mol. The molecule has 0 aliphatic rings. The predicted octanol–water partition coefficient (Wildman–Crippen LogP) is 5.03. The van der Waals surface area contributed by atoms with Crippen LogP contribution in [0.15, 0.2) is 40.9 Å². The molecule has 2 rings (SSSR count). The summed E-state index contributed by atoms with van der Waals surface area (Å²) in [5.74, 6) is 0. The lowest BCUT2D eigenvalue weighted by Gasteiger charge is -2.11. The van der Waals surface area contributed by atoms with E-state index in [1.807, 2.05) is 36.4 Å². The molecule has 0 aromatic heterocycles. The maximum absolute atomic E-state index is 5.91. The predicted molar refractivity (Wildman–Crippen MR) is 86.0 cm³/mol. The Kier molecular flexibility index (Phi) is 4.17. The molecule has 0 saturated heterocycles. The highest BCUT2D eigenvalue weighted by atomic mass is 127. The molecule has 17 heavy (non-hydrogen) atoms. The summed E-state index contributed by atoms with van der Waals surface area (Å²) >= 11 is 11.6. The van der Waals surface area contributed by atoms with Gasteiger partial charge in [-0.3, -0.25) is 0 Å². The molecule has 0 radical (unpaired) electrons. The van der Waals surface area contributed by atoms with Crippen LogP contribution in [-0.2, 0) is 0 Å². The second-order valence-corrected chi connectivity index (χ2v) is 6.00. The quantitative estimate of drug-likeness (QED) is 0.525. The lowest BCUT2D eigenvalue weighted by Crippen LogP contribution is -1.97. The van der Waals surface area contributed by atoms with Crippen LogP contribution in [-0.4, -0.2) is 0 Å². The summed E-state index contributed by atoms with van der Waals surface area (Å²) < 4.78 is 2.03. The van der Waals surface area contributed by atoms with Crippen molar-refractivity contribution in [2.45, 2.75) is 0 Å². The van der Waals surface area contributed by atoms with E-state index >= 15 is 0 Å². The minimum Gasteiger partial charge on any atom is -0.397 e. The Morgan fingerprint density at radius 3 is 2.59 bits per heavy atom. The molecule has 0 heterocycles. The van der Waals surface area contributed by atoms with Crippen molar-refractivity contribution in [3.63, 3.8) is 0 Å². The van der Waals surface area contributed by atoms with Crippen molar-refractivity contribution >= 4 is 67.2 Å². The highest BCUT2D eigenvalue weighted by Gasteiger charge is 2.04. The van der Waals surface area contributed by atoms with E-state index in [-0.39, 0.29) is 0 Å².